The fraction of sp³-hybridized carbons (Fsp3) is 0.227. The van der Waals surface area contributed by atoms with Crippen molar-refractivity contribution in [3.8, 4) is 0 Å². The van der Waals surface area contributed by atoms with Gasteiger partial charge in [-0.2, -0.15) is 0 Å². The normalized spacial score (nSPS) is 11.4. The molecule has 0 bridgehead atoms. The molecule has 2 heterocycles. The number of aromatic nitrogens is 3. The number of nitrogens with two attached hydrogens (primary N) is 1. The van der Waals surface area contributed by atoms with E-state index in [1.165, 1.54) is 23.0 Å². The Hall–Kier alpha value is -3.52. The van der Waals surface area contributed by atoms with Crippen molar-refractivity contribution in [1.82, 2.24) is 14.5 Å². The topological polar surface area (TPSA) is 128 Å². The Kier molecular flexibility index (Phi) is 5.94. The smallest absolute Gasteiger partial charge is 0.329 e. The molecule has 0 unspecified atom stereocenters. The maximum absolute atomic E-state index is 13.3. The van der Waals surface area contributed by atoms with E-state index in [-0.39, 0.29) is 23.2 Å². The first-order valence-corrected chi connectivity index (χ1v) is 9.79. The molecule has 0 spiro atoms. The van der Waals surface area contributed by atoms with Gasteiger partial charge in [-0.25, -0.2) is 4.79 Å². The van der Waals surface area contributed by atoms with Gasteiger partial charge >= 0.3 is 5.69 Å². The number of aryl methyl sites for hydroxylation is 1. The number of primary amides is 1. The van der Waals surface area contributed by atoms with E-state index in [1.807, 2.05) is 0 Å². The van der Waals surface area contributed by atoms with Crippen LogP contribution in [0, 0.1) is 6.92 Å². The third kappa shape index (κ3) is 4.64. The summed E-state index contributed by atoms with van der Waals surface area (Å²) in [4.78, 5) is 56.1. The van der Waals surface area contributed by atoms with Gasteiger partial charge in [0.25, 0.3) is 11.5 Å². The predicted molar refractivity (Wildman–Crippen MR) is 117 cm³/mol. The number of pyridine rings is 1. The van der Waals surface area contributed by atoms with Crippen LogP contribution in [0.4, 0.5) is 0 Å². The lowest BCUT2D eigenvalue weighted by Crippen LogP contribution is -2.45. The predicted octanol–water partition coefficient (Wildman–Crippen LogP) is 2.20. The molecule has 3 rings (SSSR count). The summed E-state index contributed by atoms with van der Waals surface area (Å²) in [5.41, 5.74) is 4.70. The maximum Gasteiger partial charge on any atom is 0.329 e. The van der Waals surface area contributed by atoms with Crippen molar-refractivity contribution in [2.45, 2.75) is 32.7 Å². The van der Waals surface area contributed by atoms with Gasteiger partial charge in [0.1, 0.15) is 0 Å². The van der Waals surface area contributed by atoms with Crippen molar-refractivity contribution in [1.29, 1.82) is 0 Å². The van der Waals surface area contributed by atoms with Gasteiger partial charge in [-0.1, -0.05) is 11.6 Å². The Morgan fingerprint density at radius 1 is 1.19 bits per heavy atom. The highest BCUT2D eigenvalue weighted by Crippen LogP contribution is 2.25. The molecule has 3 aromatic rings. The van der Waals surface area contributed by atoms with E-state index < -0.39 is 28.5 Å². The number of ketones is 1. The van der Waals surface area contributed by atoms with Gasteiger partial charge in [0.15, 0.2) is 0 Å². The van der Waals surface area contributed by atoms with Crippen molar-refractivity contribution in [3.63, 3.8) is 0 Å². The van der Waals surface area contributed by atoms with Crippen molar-refractivity contribution < 1.29 is 9.59 Å². The second kappa shape index (κ2) is 8.31. The second-order valence-electron chi connectivity index (χ2n) is 7.89. The number of carbonyl (C=O) groups is 2. The SMILES string of the molecule is Cc1cc(Cl)cc(C(=O)c2cc(=O)[nH]c(=O)n2C(C)(C)Cc2ccncc2C(N)=O)c1. The first kappa shape index (κ1) is 22.2. The lowest BCUT2D eigenvalue weighted by molar-refractivity contribution is 0.0993. The Labute approximate surface area is 182 Å². The molecule has 0 aliphatic carbocycles. The highest BCUT2D eigenvalue weighted by atomic mass is 35.5. The fourth-order valence-corrected chi connectivity index (χ4v) is 3.91. The van der Waals surface area contributed by atoms with Gasteiger partial charge in [0.2, 0.25) is 5.78 Å². The molecule has 0 saturated heterocycles. The summed E-state index contributed by atoms with van der Waals surface area (Å²) in [5.74, 6) is -1.18. The number of benzene rings is 1. The second-order valence-corrected chi connectivity index (χ2v) is 8.33. The van der Waals surface area contributed by atoms with Crippen LogP contribution in [0.2, 0.25) is 5.02 Å². The molecular formula is C22H21ClN4O4. The molecule has 0 atom stereocenters. The molecule has 0 fully saturated rings. The summed E-state index contributed by atoms with van der Waals surface area (Å²) in [6, 6.07) is 7.52. The van der Waals surface area contributed by atoms with Crippen molar-refractivity contribution >= 4 is 23.3 Å². The Morgan fingerprint density at radius 3 is 2.55 bits per heavy atom. The molecule has 3 N–H and O–H groups in total. The number of hydrogen-bond donors (Lipinski definition) is 2. The Bertz CT molecular complexity index is 1290. The van der Waals surface area contributed by atoms with Gasteiger partial charge < -0.3 is 5.73 Å². The van der Waals surface area contributed by atoms with Crippen molar-refractivity contribution in [2.24, 2.45) is 5.73 Å². The van der Waals surface area contributed by atoms with E-state index >= 15 is 0 Å². The highest BCUT2D eigenvalue weighted by Gasteiger charge is 2.30. The van der Waals surface area contributed by atoms with Gasteiger partial charge in [0.05, 0.1) is 11.3 Å². The van der Waals surface area contributed by atoms with Crippen LogP contribution in [0.1, 0.15) is 51.4 Å². The van der Waals surface area contributed by atoms with E-state index in [9.17, 15) is 19.2 Å². The van der Waals surface area contributed by atoms with Crippen LogP contribution < -0.4 is 17.0 Å². The third-order valence-electron chi connectivity index (χ3n) is 4.88. The molecule has 0 saturated carbocycles. The Morgan fingerprint density at radius 2 is 1.90 bits per heavy atom. The van der Waals surface area contributed by atoms with Crippen LogP contribution in [0.25, 0.3) is 0 Å². The number of H-pyrrole nitrogens is 1. The first-order valence-electron chi connectivity index (χ1n) is 9.41. The van der Waals surface area contributed by atoms with E-state index in [4.69, 9.17) is 17.3 Å². The van der Waals surface area contributed by atoms with Gasteiger partial charge in [-0.05, 0) is 62.6 Å². The number of rotatable bonds is 6. The zero-order valence-electron chi connectivity index (χ0n) is 17.2. The molecule has 1 aromatic carbocycles. The summed E-state index contributed by atoms with van der Waals surface area (Å²) in [6.07, 6.45) is 3.03. The molecule has 31 heavy (non-hydrogen) atoms. The molecule has 0 radical (unpaired) electrons. The van der Waals surface area contributed by atoms with Crippen LogP contribution in [-0.4, -0.2) is 26.2 Å². The van der Waals surface area contributed by atoms with Crippen LogP contribution >= 0.6 is 11.6 Å². The monoisotopic (exact) mass is 440 g/mol. The quantitative estimate of drug-likeness (QED) is 0.568. The lowest BCUT2D eigenvalue weighted by atomic mass is 9.91. The molecule has 0 aliphatic rings. The number of nitrogens with one attached hydrogen (secondary N) is 1. The number of halogens is 1. The number of aromatic amines is 1. The summed E-state index contributed by atoms with van der Waals surface area (Å²) in [5, 5.41) is 0.365. The summed E-state index contributed by atoms with van der Waals surface area (Å²) in [6.45, 7) is 5.22. The summed E-state index contributed by atoms with van der Waals surface area (Å²) < 4.78 is 1.22. The van der Waals surface area contributed by atoms with Gasteiger partial charge in [0, 0.05) is 34.6 Å². The molecular weight excluding hydrogens is 420 g/mol. The molecule has 8 nitrogen and oxygen atoms in total. The average Bonchev–Trinajstić information content (AvgIpc) is 2.65. The van der Waals surface area contributed by atoms with E-state index in [0.717, 1.165) is 11.6 Å². The summed E-state index contributed by atoms with van der Waals surface area (Å²) >= 11 is 6.09. The minimum atomic E-state index is -1.01. The maximum atomic E-state index is 13.3. The minimum absolute atomic E-state index is 0.0879. The van der Waals surface area contributed by atoms with Gasteiger partial charge in [-0.15, -0.1) is 0 Å². The molecule has 160 valence electrons. The van der Waals surface area contributed by atoms with E-state index in [2.05, 4.69) is 9.97 Å². The third-order valence-corrected chi connectivity index (χ3v) is 5.10. The average molecular weight is 441 g/mol. The molecule has 1 amide bonds. The van der Waals surface area contributed by atoms with E-state index in [1.54, 1.807) is 39.0 Å². The van der Waals surface area contributed by atoms with Crippen LogP contribution in [0.3, 0.4) is 0 Å². The molecule has 2 aromatic heterocycles. The van der Waals surface area contributed by atoms with Crippen LogP contribution in [-0.2, 0) is 12.0 Å². The van der Waals surface area contributed by atoms with Crippen molar-refractivity contribution in [3.05, 3.63) is 96.5 Å². The number of amides is 1. The zero-order valence-corrected chi connectivity index (χ0v) is 18.0. The number of hydrogen-bond acceptors (Lipinski definition) is 5. The zero-order chi connectivity index (χ0) is 22.9. The van der Waals surface area contributed by atoms with Crippen LogP contribution in [0.15, 0.2) is 52.3 Å². The Balaban J connectivity index is 2.17. The minimum Gasteiger partial charge on any atom is -0.366 e. The molecule has 0 aliphatic heterocycles. The molecule has 9 heteroatoms. The summed E-state index contributed by atoms with van der Waals surface area (Å²) in [7, 11) is 0. The van der Waals surface area contributed by atoms with Crippen LogP contribution in [0.5, 0.6) is 0 Å². The highest BCUT2D eigenvalue weighted by molar-refractivity contribution is 6.31. The standard InChI is InChI=1S/C22H21ClN4O4/c1-12-6-14(8-15(23)7-12)19(29)17-9-18(28)26-21(31)27(17)22(2,3)10-13-4-5-25-11-16(13)20(24)30/h4-9,11H,10H2,1-3H3,(H2,24,30)(H,26,28,31). The largest absolute Gasteiger partial charge is 0.366 e. The number of carbonyl (C=O) groups excluding carboxylic acids is 2. The van der Waals surface area contributed by atoms with Gasteiger partial charge in [-0.3, -0.25) is 28.9 Å². The number of nitrogens with zero attached hydrogens (tertiary/aromatic N) is 2. The van der Waals surface area contributed by atoms with E-state index in [0.29, 0.717) is 10.6 Å². The lowest BCUT2D eigenvalue weighted by Gasteiger charge is -2.30. The fourth-order valence-electron chi connectivity index (χ4n) is 3.62. The van der Waals surface area contributed by atoms with Crippen molar-refractivity contribution in [2.75, 3.05) is 0 Å². The first-order chi connectivity index (χ1) is 14.5.